The van der Waals surface area contributed by atoms with Crippen LogP contribution in [0.15, 0.2) is 59.3 Å². The summed E-state index contributed by atoms with van der Waals surface area (Å²) in [5, 5.41) is 29.9. The molecule has 0 radical (unpaired) electrons. The Labute approximate surface area is 270 Å². The van der Waals surface area contributed by atoms with Gasteiger partial charge < -0.3 is 14.9 Å². The third-order valence-corrected chi connectivity index (χ3v) is 8.21. The van der Waals surface area contributed by atoms with Gasteiger partial charge in [0, 0.05) is 54.2 Å². The fourth-order valence-corrected chi connectivity index (χ4v) is 5.81. The van der Waals surface area contributed by atoms with E-state index in [4.69, 9.17) is 14.6 Å². The zero-order valence-electron chi connectivity index (χ0n) is 25.0. The Kier molecular flexibility index (Phi) is 9.82. The molecular formula is C31H32BrF3N6O5. The van der Waals surface area contributed by atoms with E-state index in [0.29, 0.717) is 12.6 Å². The van der Waals surface area contributed by atoms with E-state index in [-0.39, 0.29) is 17.4 Å². The number of carboxylic acid groups (broad SMARTS) is 2. The van der Waals surface area contributed by atoms with Crippen LogP contribution in [0, 0.1) is 0 Å². The van der Waals surface area contributed by atoms with E-state index in [0.717, 1.165) is 52.4 Å². The van der Waals surface area contributed by atoms with E-state index in [1.807, 2.05) is 44.4 Å². The number of nitrogens with zero attached hydrogens (tertiary/aromatic N) is 6. The Balaban J connectivity index is 0.000000537. The predicted molar refractivity (Wildman–Crippen MR) is 163 cm³/mol. The third kappa shape index (κ3) is 7.94. The second-order valence-corrected chi connectivity index (χ2v) is 12.1. The van der Waals surface area contributed by atoms with Crippen molar-refractivity contribution in [3.05, 3.63) is 87.4 Å². The highest BCUT2D eigenvalue weighted by Gasteiger charge is 2.46. The SMILES string of the molecule is CCOc1ccc(Br)cc1CN(Cc1cccc(-n2ncc(C(=O)O)c2C2CC2c2cn(C)nn2)c1)C1CC1.O=C(O)C(F)(F)F. The molecule has 2 aliphatic carbocycles. The van der Waals surface area contributed by atoms with Gasteiger partial charge in [0.05, 0.1) is 29.9 Å². The van der Waals surface area contributed by atoms with Crippen molar-refractivity contribution in [3.8, 4) is 11.4 Å². The third-order valence-electron chi connectivity index (χ3n) is 7.72. The number of alkyl halides is 3. The number of carboxylic acids is 2. The van der Waals surface area contributed by atoms with E-state index in [2.05, 4.69) is 54.4 Å². The lowest BCUT2D eigenvalue weighted by molar-refractivity contribution is -0.192. The molecule has 2 aromatic heterocycles. The lowest BCUT2D eigenvalue weighted by atomic mass is 10.1. The van der Waals surface area contributed by atoms with Gasteiger partial charge in [-0.25, -0.2) is 14.3 Å². The number of hydrogen-bond donors (Lipinski definition) is 2. The Bertz CT molecular complexity index is 1720. The lowest BCUT2D eigenvalue weighted by Crippen LogP contribution is -2.25. The fraction of sp³-hybridized carbons (Fsp3) is 0.387. The van der Waals surface area contributed by atoms with Gasteiger partial charge >= 0.3 is 18.1 Å². The molecule has 2 unspecified atom stereocenters. The van der Waals surface area contributed by atoms with Crippen LogP contribution in [0.4, 0.5) is 13.2 Å². The molecule has 46 heavy (non-hydrogen) atoms. The molecule has 2 N–H and O–H groups in total. The minimum absolute atomic E-state index is 0.0374. The number of halogens is 4. The summed E-state index contributed by atoms with van der Waals surface area (Å²) in [7, 11) is 1.84. The van der Waals surface area contributed by atoms with Crippen molar-refractivity contribution < 1.29 is 37.7 Å². The Morgan fingerprint density at radius 3 is 2.46 bits per heavy atom. The topological polar surface area (TPSA) is 136 Å². The molecule has 2 heterocycles. The quantitative estimate of drug-likeness (QED) is 0.195. The highest BCUT2D eigenvalue weighted by Crippen LogP contribution is 2.55. The van der Waals surface area contributed by atoms with Gasteiger partial charge in [0.1, 0.15) is 11.3 Å². The van der Waals surface area contributed by atoms with E-state index < -0.39 is 18.1 Å². The second kappa shape index (κ2) is 13.6. The molecular weight excluding hydrogens is 673 g/mol. The average molecular weight is 706 g/mol. The van der Waals surface area contributed by atoms with E-state index in [9.17, 15) is 23.1 Å². The maximum Gasteiger partial charge on any atom is 0.490 e. The minimum Gasteiger partial charge on any atom is -0.494 e. The second-order valence-electron chi connectivity index (χ2n) is 11.2. The first-order valence-corrected chi connectivity index (χ1v) is 15.4. The van der Waals surface area contributed by atoms with Crippen LogP contribution in [-0.2, 0) is 24.9 Å². The first-order valence-electron chi connectivity index (χ1n) is 14.6. The largest absolute Gasteiger partial charge is 0.494 e. The van der Waals surface area contributed by atoms with Crippen LogP contribution in [0.1, 0.15) is 70.9 Å². The number of aromatic carboxylic acids is 1. The fourth-order valence-electron chi connectivity index (χ4n) is 5.41. The summed E-state index contributed by atoms with van der Waals surface area (Å²) in [5.74, 6) is -2.62. The Hall–Kier alpha value is -4.24. The highest BCUT2D eigenvalue weighted by molar-refractivity contribution is 9.10. The van der Waals surface area contributed by atoms with E-state index >= 15 is 0 Å². The normalized spacial score (nSPS) is 17.4. The number of aliphatic carboxylic acids is 1. The van der Waals surface area contributed by atoms with Crippen molar-refractivity contribution in [2.45, 2.75) is 63.3 Å². The molecule has 0 amide bonds. The zero-order valence-corrected chi connectivity index (χ0v) is 26.6. The van der Waals surface area contributed by atoms with Crippen molar-refractivity contribution in [2.75, 3.05) is 6.61 Å². The minimum atomic E-state index is -5.08. The lowest BCUT2D eigenvalue weighted by Gasteiger charge is -2.24. The smallest absolute Gasteiger partial charge is 0.490 e. The zero-order chi connectivity index (χ0) is 33.2. The van der Waals surface area contributed by atoms with Crippen LogP contribution in [0.25, 0.3) is 5.69 Å². The Morgan fingerprint density at radius 1 is 1.11 bits per heavy atom. The van der Waals surface area contributed by atoms with Crippen molar-refractivity contribution in [1.29, 1.82) is 0 Å². The number of ether oxygens (including phenoxy) is 1. The van der Waals surface area contributed by atoms with Gasteiger partial charge in [-0.2, -0.15) is 18.3 Å². The highest BCUT2D eigenvalue weighted by atomic mass is 79.9. The van der Waals surface area contributed by atoms with E-state index in [1.54, 1.807) is 9.36 Å². The number of benzene rings is 2. The Morgan fingerprint density at radius 2 is 1.85 bits per heavy atom. The number of carbonyl (C=O) groups is 2. The molecule has 4 aromatic rings. The summed E-state index contributed by atoms with van der Waals surface area (Å²) in [6.45, 7) is 4.21. The average Bonchev–Trinajstić information content (AvgIpc) is 3.91. The molecule has 11 nitrogen and oxygen atoms in total. The predicted octanol–water partition coefficient (Wildman–Crippen LogP) is 5.93. The van der Waals surface area contributed by atoms with Gasteiger partial charge in [0.2, 0.25) is 0 Å². The molecule has 2 fully saturated rings. The summed E-state index contributed by atoms with van der Waals surface area (Å²) in [4.78, 5) is 23.5. The van der Waals surface area contributed by atoms with Crippen LogP contribution >= 0.6 is 15.9 Å². The molecule has 0 saturated heterocycles. The van der Waals surface area contributed by atoms with Gasteiger partial charge in [-0.1, -0.05) is 33.3 Å². The molecule has 2 aromatic carbocycles. The summed E-state index contributed by atoms with van der Waals surface area (Å²) in [5.41, 5.74) is 5.05. The first-order chi connectivity index (χ1) is 21.8. The van der Waals surface area contributed by atoms with Crippen LogP contribution in [0.5, 0.6) is 5.75 Å². The number of hydrogen-bond acceptors (Lipinski definition) is 7. The molecule has 2 saturated carbocycles. The summed E-state index contributed by atoms with van der Waals surface area (Å²) in [6.07, 6.45) is 1.49. The molecule has 0 bridgehead atoms. The number of aromatic nitrogens is 5. The maximum absolute atomic E-state index is 12.1. The molecule has 15 heteroatoms. The first kappa shape index (κ1) is 33.1. The standard InChI is InChI=1S/C29H31BrN6O3.C2HF3O2/c1-3-39-27-10-7-20(30)12-19(27)16-35(21-8-9-21)15-18-5-4-6-22(11-18)36-28(25(14-31-36)29(37)38)24-13-23(24)26-17-34(2)33-32-26;3-2(4,5)1(6)7/h4-7,10-12,14,17,21,23-24H,3,8-9,13,15-16H2,1-2H3,(H,37,38);(H,6,7). The molecule has 6 rings (SSSR count). The molecule has 244 valence electrons. The van der Waals surface area contributed by atoms with E-state index in [1.165, 1.54) is 24.6 Å². The molecule has 2 aliphatic rings. The van der Waals surface area contributed by atoms with Crippen molar-refractivity contribution in [1.82, 2.24) is 29.7 Å². The van der Waals surface area contributed by atoms with Crippen LogP contribution in [0.2, 0.25) is 0 Å². The van der Waals surface area contributed by atoms with Gasteiger partial charge in [0.25, 0.3) is 0 Å². The molecule has 0 spiro atoms. The van der Waals surface area contributed by atoms with Crippen LogP contribution < -0.4 is 4.74 Å². The molecule has 0 aliphatic heterocycles. The van der Waals surface area contributed by atoms with Gasteiger partial charge in [-0.05, 0) is 62.1 Å². The number of aryl methyl sites for hydroxylation is 1. The van der Waals surface area contributed by atoms with Gasteiger partial charge in [-0.15, -0.1) is 5.10 Å². The summed E-state index contributed by atoms with van der Waals surface area (Å²) >= 11 is 3.61. The van der Waals surface area contributed by atoms with Crippen molar-refractivity contribution >= 4 is 27.9 Å². The molecule has 2 atom stereocenters. The monoisotopic (exact) mass is 704 g/mol. The van der Waals surface area contributed by atoms with Crippen molar-refractivity contribution in [2.24, 2.45) is 7.05 Å². The van der Waals surface area contributed by atoms with Crippen LogP contribution in [0.3, 0.4) is 0 Å². The van der Waals surface area contributed by atoms with Gasteiger partial charge in [-0.3, -0.25) is 9.58 Å². The summed E-state index contributed by atoms with van der Waals surface area (Å²) in [6, 6.07) is 15.0. The summed E-state index contributed by atoms with van der Waals surface area (Å²) < 4.78 is 42.2. The van der Waals surface area contributed by atoms with Crippen molar-refractivity contribution in [3.63, 3.8) is 0 Å². The van der Waals surface area contributed by atoms with Gasteiger partial charge in [0.15, 0.2) is 0 Å². The van der Waals surface area contributed by atoms with Crippen LogP contribution in [-0.4, -0.2) is 70.7 Å². The number of rotatable bonds is 11. The maximum atomic E-state index is 12.1.